The lowest BCUT2D eigenvalue weighted by molar-refractivity contribution is -0.128. The van der Waals surface area contributed by atoms with Gasteiger partial charge >= 0.3 is 0 Å². The molecular weight excluding hydrogens is 355 g/mol. The largest absolute Gasteiger partial charge is 0.368 e. The summed E-state index contributed by atoms with van der Waals surface area (Å²) in [7, 11) is 0. The minimum absolute atomic E-state index is 0.0700. The molecule has 0 aliphatic carbocycles. The number of hydrogen-bond donors (Lipinski definition) is 0. The maximum absolute atomic E-state index is 13.0. The lowest BCUT2D eigenvalue weighted by Gasteiger charge is -2.36. The first-order valence-corrected chi connectivity index (χ1v) is 9.26. The van der Waals surface area contributed by atoms with Crippen molar-refractivity contribution in [3.8, 4) is 0 Å². The fourth-order valence-electron chi connectivity index (χ4n) is 2.86. The molecule has 9 heteroatoms. The predicted octanol–water partition coefficient (Wildman–Crippen LogP) is 1.70. The van der Waals surface area contributed by atoms with Gasteiger partial charge in [0, 0.05) is 44.3 Å². The van der Waals surface area contributed by atoms with Crippen molar-refractivity contribution in [2.75, 3.05) is 36.8 Å². The standard InChI is InChI=1S/C17H17FN6OS/c18-13-2-4-14(5-3-13)22-8-10-23(11-9-22)15(25)12-26-17-20-16-19-6-1-7-24(16)21-17/h1-7H,8-12H2. The minimum Gasteiger partial charge on any atom is -0.368 e. The Bertz CT molecular complexity index is 874. The van der Waals surface area contributed by atoms with Crippen molar-refractivity contribution in [3.63, 3.8) is 0 Å². The molecule has 0 unspecified atom stereocenters. The third-order valence-corrected chi connectivity index (χ3v) is 5.07. The van der Waals surface area contributed by atoms with E-state index in [9.17, 15) is 9.18 Å². The van der Waals surface area contributed by atoms with E-state index in [-0.39, 0.29) is 11.7 Å². The Morgan fingerprint density at radius 2 is 1.92 bits per heavy atom. The zero-order valence-corrected chi connectivity index (χ0v) is 14.8. The lowest BCUT2D eigenvalue weighted by Crippen LogP contribution is -2.49. The zero-order chi connectivity index (χ0) is 17.9. The maximum Gasteiger partial charge on any atom is 0.253 e. The average Bonchev–Trinajstić information content (AvgIpc) is 3.10. The van der Waals surface area contributed by atoms with E-state index in [1.54, 1.807) is 35.1 Å². The number of halogens is 1. The van der Waals surface area contributed by atoms with Crippen molar-refractivity contribution >= 4 is 29.1 Å². The summed E-state index contributed by atoms with van der Waals surface area (Å²) in [4.78, 5) is 24.8. The quantitative estimate of drug-likeness (QED) is 0.650. The molecule has 0 spiro atoms. The fraction of sp³-hybridized carbons (Fsp3) is 0.294. The van der Waals surface area contributed by atoms with Gasteiger partial charge in [-0.2, -0.15) is 4.98 Å². The van der Waals surface area contributed by atoms with Crippen LogP contribution in [0.25, 0.3) is 5.78 Å². The molecule has 3 heterocycles. The fourth-order valence-corrected chi connectivity index (χ4v) is 3.59. The SMILES string of the molecule is O=C(CSc1nc2ncccn2n1)N1CCN(c2ccc(F)cc2)CC1. The Morgan fingerprint density at radius 3 is 2.65 bits per heavy atom. The van der Waals surface area contributed by atoms with E-state index < -0.39 is 0 Å². The highest BCUT2D eigenvalue weighted by molar-refractivity contribution is 7.99. The monoisotopic (exact) mass is 372 g/mol. The number of carbonyl (C=O) groups excluding carboxylic acids is 1. The molecule has 1 aromatic carbocycles. The number of fused-ring (bicyclic) bond motifs is 1. The smallest absolute Gasteiger partial charge is 0.253 e. The van der Waals surface area contributed by atoms with Crippen molar-refractivity contribution in [3.05, 3.63) is 48.5 Å². The van der Waals surface area contributed by atoms with Gasteiger partial charge in [0.15, 0.2) is 0 Å². The van der Waals surface area contributed by atoms with Gasteiger partial charge in [0.2, 0.25) is 11.1 Å². The summed E-state index contributed by atoms with van der Waals surface area (Å²) in [5.41, 5.74) is 0.981. The number of piperazine rings is 1. The number of nitrogens with zero attached hydrogens (tertiary/aromatic N) is 6. The normalized spacial score (nSPS) is 14.8. The molecule has 2 aromatic heterocycles. The Labute approximate surface area is 153 Å². The van der Waals surface area contributed by atoms with Crippen LogP contribution in [0, 0.1) is 5.82 Å². The van der Waals surface area contributed by atoms with Gasteiger partial charge in [0.05, 0.1) is 5.75 Å². The second-order valence-electron chi connectivity index (χ2n) is 5.89. The van der Waals surface area contributed by atoms with Gasteiger partial charge in [-0.05, 0) is 30.3 Å². The first-order chi connectivity index (χ1) is 12.7. The van der Waals surface area contributed by atoms with Gasteiger partial charge in [0.25, 0.3) is 5.78 Å². The number of aromatic nitrogens is 4. The number of amides is 1. The molecule has 26 heavy (non-hydrogen) atoms. The highest BCUT2D eigenvalue weighted by atomic mass is 32.2. The second kappa shape index (κ2) is 7.28. The van der Waals surface area contributed by atoms with Crippen molar-refractivity contribution in [1.82, 2.24) is 24.5 Å². The van der Waals surface area contributed by atoms with Crippen LogP contribution in [-0.4, -0.2) is 62.3 Å². The van der Waals surface area contributed by atoms with Crippen LogP contribution in [0.3, 0.4) is 0 Å². The highest BCUT2D eigenvalue weighted by Gasteiger charge is 2.21. The molecule has 0 radical (unpaired) electrons. The topological polar surface area (TPSA) is 66.6 Å². The number of hydrogen-bond acceptors (Lipinski definition) is 6. The van der Waals surface area contributed by atoms with Crippen LogP contribution in [0.15, 0.2) is 47.9 Å². The summed E-state index contributed by atoms with van der Waals surface area (Å²) in [6, 6.07) is 8.24. The molecule has 0 N–H and O–H groups in total. The van der Waals surface area contributed by atoms with Crippen molar-refractivity contribution in [2.24, 2.45) is 0 Å². The van der Waals surface area contributed by atoms with Gasteiger partial charge in [0.1, 0.15) is 5.82 Å². The Balaban J connectivity index is 1.30. The van der Waals surface area contributed by atoms with E-state index in [0.29, 0.717) is 29.8 Å². The van der Waals surface area contributed by atoms with Crippen molar-refractivity contribution in [1.29, 1.82) is 0 Å². The molecule has 0 atom stereocenters. The van der Waals surface area contributed by atoms with Gasteiger partial charge in [-0.15, -0.1) is 5.10 Å². The Kier molecular flexibility index (Phi) is 4.70. The highest BCUT2D eigenvalue weighted by Crippen LogP contribution is 2.18. The summed E-state index contributed by atoms with van der Waals surface area (Å²) in [5.74, 6) is 0.652. The van der Waals surface area contributed by atoms with Crippen LogP contribution in [0.1, 0.15) is 0 Å². The summed E-state index contributed by atoms with van der Waals surface area (Å²) < 4.78 is 14.6. The molecule has 1 aliphatic rings. The number of thioether (sulfide) groups is 1. The molecule has 3 aromatic rings. The molecule has 1 saturated heterocycles. The van der Waals surface area contributed by atoms with Crippen molar-refractivity contribution < 1.29 is 9.18 Å². The molecule has 134 valence electrons. The van der Waals surface area contributed by atoms with Gasteiger partial charge in [-0.3, -0.25) is 4.79 Å². The van der Waals surface area contributed by atoms with E-state index in [1.165, 1.54) is 23.9 Å². The van der Waals surface area contributed by atoms with E-state index in [1.807, 2.05) is 4.90 Å². The van der Waals surface area contributed by atoms with Crippen LogP contribution < -0.4 is 4.90 Å². The van der Waals surface area contributed by atoms with Crippen LogP contribution in [0.5, 0.6) is 0 Å². The molecule has 1 aliphatic heterocycles. The first kappa shape index (κ1) is 16.8. The van der Waals surface area contributed by atoms with E-state index >= 15 is 0 Å². The molecule has 1 amide bonds. The summed E-state index contributed by atoms with van der Waals surface area (Å²) >= 11 is 1.32. The van der Waals surface area contributed by atoms with Crippen LogP contribution >= 0.6 is 11.8 Å². The van der Waals surface area contributed by atoms with Crippen LogP contribution in [-0.2, 0) is 4.79 Å². The lowest BCUT2D eigenvalue weighted by atomic mass is 10.2. The number of benzene rings is 1. The summed E-state index contributed by atoms with van der Waals surface area (Å²) in [5, 5.41) is 4.83. The zero-order valence-electron chi connectivity index (χ0n) is 14.0. The Hall–Kier alpha value is -2.68. The van der Waals surface area contributed by atoms with Crippen LogP contribution in [0.4, 0.5) is 10.1 Å². The molecular formula is C17H17FN6OS. The van der Waals surface area contributed by atoms with E-state index in [4.69, 9.17) is 0 Å². The van der Waals surface area contributed by atoms with Gasteiger partial charge in [-0.1, -0.05) is 11.8 Å². The Morgan fingerprint density at radius 1 is 1.15 bits per heavy atom. The number of rotatable bonds is 4. The second-order valence-corrected chi connectivity index (χ2v) is 6.83. The third kappa shape index (κ3) is 3.62. The predicted molar refractivity (Wildman–Crippen MR) is 96.7 cm³/mol. The molecule has 0 saturated carbocycles. The number of carbonyl (C=O) groups is 1. The maximum atomic E-state index is 13.0. The average molecular weight is 372 g/mol. The molecule has 4 rings (SSSR count). The third-order valence-electron chi connectivity index (χ3n) is 4.25. The summed E-state index contributed by atoms with van der Waals surface area (Å²) in [6.45, 7) is 2.77. The minimum atomic E-state index is -0.240. The molecule has 0 bridgehead atoms. The van der Waals surface area contributed by atoms with Gasteiger partial charge in [-0.25, -0.2) is 13.9 Å². The summed E-state index contributed by atoms with van der Waals surface area (Å²) in [6.07, 6.45) is 3.43. The van der Waals surface area contributed by atoms with Crippen LogP contribution in [0.2, 0.25) is 0 Å². The molecule has 1 fully saturated rings. The number of anilines is 1. The first-order valence-electron chi connectivity index (χ1n) is 8.27. The van der Waals surface area contributed by atoms with E-state index in [0.717, 1.165) is 18.8 Å². The van der Waals surface area contributed by atoms with Crippen molar-refractivity contribution in [2.45, 2.75) is 5.16 Å². The molecule has 7 nitrogen and oxygen atoms in total. The van der Waals surface area contributed by atoms with E-state index in [2.05, 4.69) is 20.0 Å². The van der Waals surface area contributed by atoms with Gasteiger partial charge < -0.3 is 9.80 Å².